The number of allylic oxidation sites excluding steroid dienone is 2. The summed E-state index contributed by atoms with van der Waals surface area (Å²) >= 11 is 6.81. The van der Waals surface area contributed by atoms with Gasteiger partial charge in [0.1, 0.15) is 6.07 Å². The number of nitrogens with one attached hydrogen (secondary N) is 1. The normalized spacial score (nSPS) is 20.8. The lowest BCUT2D eigenvalue weighted by molar-refractivity contribution is 0.357. The molecule has 0 heterocycles. The Labute approximate surface area is 180 Å². The predicted octanol–water partition coefficient (Wildman–Crippen LogP) is 5.90. The molecule has 6 heteroatoms. The summed E-state index contributed by atoms with van der Waals surface area (Å²) in [5.41, 5.74) is -0.643. The largest absolute Gasteiger partial charge is 0.301 e. The van der Waals surface area contributed by atoms with Gasteiger partial charge in [-0.2, -0.15) is 15.8 Å². The maximum atomic E-state index is 10.0. The van der Waals surface area contributed by atoms with Gasteiger partial charge in [0, 0.05) is 14.4 Å². The molecule has 3 rings (SSSR count). The van der Waals surface area contributed by atoms with Gasteiger partial charge in [-0.05, 0) is 47.4 Å². The number of rotatable bonds is 2. The van der Waals surface area contributed by atoms with Gasteiger partial charge in [0.05, 0.1) is 23.4 Å². The quantitative estimate of drug-likeness (QED) is 0.563. The maximum absolute atomic E-state index is 10.0. The van der Waals surface area contributed by atoms with Crippen molar-refractivity contribution >= 4 is 43.1 Å². The Morgan fingerprint density at radius 1 is 0.893 bits per heavy atom. The van der Waals surface area contributed by atoms with Crippen LogP contribution >= 0.6 is 31.9 Å². The van der Waals surface area contributed by atoms with Crippen molar-refractivity contribution in [1.29, 1.82) is 21.2 Å². The SMILES string of the molecule is C[C@@]1(c2ccc(Br)cc2)CC(c2ccc(Br)cc2)=C(C#N)C(=N)C1(C#N)C#N. The van der Waals surface area contributed by atoms with Crippen LogP contribution in [0.4, 0.5) is 0 Å². The third-order valence-electron chi connectivity index (χ3n) is 5.41. The first-order chi connectivity index (χ1) is 13.3. The molecule has 0 saturated heterocycles. The fourth-order valence-corrected chi connectivity index (χ4v) is 4.26. The predicted molar refractivity (Wildman–Crippen MR) is 114 cm³/mol. The number of hydrogen-bond donors (Lipinski definition) is 1. The average Bonchev–Trinajstić information content (AvgIpc) is 2.69. The lowest BCUT2D eigenvalue weighted by atomic mass is 9.53. The smallest absolute Gasteiger partial charge is 0.195 e. The zero-order chi connectivity index (χ0) is 20.5. The molecule has 0 saturated carbocycles. The maximum Gasteiger partial charge on any atom is 0.195 e. The minimum atomic E-state index is -1.76. The fourth-order valence-electron chi connectivity index (χ4n) is 3.73. The molecule has 2 aromatic rings. The molecule has 1 N–H and O–H groups in total. The van der Waals surface area contributed by atoms with Crippen LogP contribution in [-0.2, 0) is 5.41 Å². The van der Waals surface area contributed by atoms with Gasteiger partial charge >= 0.3 is 0 Å². The van der Waals surface area contributed by atoms with E-state index < -0.39 is 10.8 Å². The zero-order valence-corrected chi connectivity index (χ0v) is 18.1. The van der Waals surface area contributed by atoms with Gasteiger partial charge in [0.25, 0.3) is 0 Å². The summed E-state index contributed by atoms with van der Waals surface area (Å²) in [6.45, 7) is 1.82. The summed E-state index contributed by atoms with van der Waals surface area (Å²) in [6.07, 6.45) is 0.294. The highest BCUT2D eigenvalue weighted by atomic mass is 79.9. The summed E-state index contributed by atoms with van der Waals surface area (Å²) in [5.74, 6) is 0. The van der Waals surface area contributed by atoms with Crippen molar-refractivity contribution in [3.05, 3.63) is 74.2 Å². The second-order valence-corrected chi connectivity index (χ2v) is 8.67. The van der Waals surface area contributed by atoms with Gasteiger partial charge in [-0.15, -0.1) is 0 Å². The molecule has 2 aromatic carbocycles. The summed E-state index contributed by atoms with van der Waals surface area (Å²) < 4.78 is 1.78. The van der Waals surface area contributed by atoms with E-state index in [-0.39, 0.29) is 11.3 Å². The molecule has 0 aromatic heterocycles. The second-order valence-electron chi connectivity index (χ2n) is 6.84. The molecule has 0 bridgehead atoms. The molecule has 28 heavy (non-hydrogen) atoms. The number of hydrogen-bond acceptors (Lipinski definition) is 4. The van der Waals surface area contributed by atoms with Crippen molar-refractivity contribution in [3.63, 3.8) is 0 Å². The van der Waals surface area contributed by atoms with Crippen molar-refractivity contribution < 1.29 is 0 Å². The topological polar surface area (TPSA) is 95.2 Å². The van der Waals surface area contributed by atoms with E-state index in [0.29, 0.717) is 12.0 Å². The van der Waals surface area contributed by atoms with Crippen molar-refractivity contribution in [2.75, 3.05) is 0 Å². The Morgan fingerprint density at radius 2 is 1.39 bits per heavy atom. The molecule has 0 unspecified atom stereocenters. The molecule has 0 radical (unpaired) electrons. The van der Waals surface area contributed by atoms with E-state index >= 15 is 0 Å². The van der Waals surface area contributed by atoms with Crippen molar-refractivity contribution in [2.45, 2.75) is 18.8 Å². The van der Waals surface area contributed by atoms with Crippen LogP contribution in [0.1, 0.15) is 24.5 Å². The van der Waals surface area contributed by atoms with Gasteiger partial charge in [-0.1, -0.05) is 63.0 Å². The number of nitrogens with zero attached hydrogens (tertiary/aromatic N) is 3. The first-order valence-electron chi connectivity index (χ1n) is 8.40. The van der Waals surface area contributed by atoms with E-state index in [1.165, 1.54) is 0 Å². The Balaban J connectivity index is 2.33. The van der Waals surface area contributed by atoms with E-state index in [1.807, 2.05) is 55.5 Å². The Morgan fingerprint density at radius 3 is 1.86 bits per heavy atom. The van der Waals surface area contributed by atoms with Crippen molar-refractivity contribution in [3.8, 4) is 18.2 Å². The number of halogens is 2. The summed E-state index contributed by atoms with van der Waals surface area (Å²) in [5, 5.41) is 38.5. The van der Waals surface area contributed by atoms with E-state index in [2.05, 4.69) is 50.1 Å². The highest BCUT2D eigenvalue weighted by Crippen LogP contribution is 2.53. The van der Waals surface area contributed by atoms with Crippen LogP contribution in [0.15, 0.2) is 63.0 Å². The van der Waals surface area contributed by atoms with Crippen LogP contribution < -0.4 is 0 Å². The van der Waals surface area contributed by atoms with Crippen LogP contribution in [0.3, 0.4) is 0 Å². The Bertz CT molecular complexity index is 1100. The number of nitriles is 3. The van der Waals surface area contributed by atoms with Gasteiger partial charge in [-0.25, -0.2) is 0 Å². The van der Waals surface area contributed by atoms with E-state index in [1.54, 1.807) is 0 Å². The van der Waals surface area contributed by atoms with Crippen LogP contribution in [0.2, 0.25) is 0 Å². The highest BCUT2D eigenvalue weighted by molar-refractivity contribution is 9.10. The molecule has 1 aliphatic rings. The minimum absolute atomic E-state index is 0.0972. The van der Waals surface area contributed by atoms with Gasteiger partial charge in [0.15, 0.2) is 5.41 Å². The summed E-state index contributed by atoms with van der Waals surface area (Å²) in [4.78, 5) is 0. The monoisotopic (exact) mass is 492 g/mol. The molecule has 1 aliphatic carbocycles. The van der Waals surface area contributed by atoms with E-state index in [4.69, 9.17) is 5.41 Å². The lowest BCUT2D eigenvalue weighted by Crippen LogP contribution is -2.50. The van der Waals surface area contributed by atoms with Gasteiger partial charge in [-0.3, -0.25) is 0 Å². The lowest BCUT2D eigenvalue weighted by Gasteiger charge is -2.44. The molecular formula is C22H14Br2N4. The molecule has 0 aliphatic heterocycles. The Hall–Kier alpha value is -2.72. The summed E-state index contributed by atoms with van der Waals surface area (Å²) in [7, 11) is 0. The molecule has 0 amide bonds. The van der Waals surface area contributed by atoms with Crippen LogP contribution in [-0.4, -0.2) is 5.71 Å². The molecular weight excluding hydrogens is 480 g/mol. The van der Waals surface area contributed by atoms with Crippen molar-refractivity contribution in [1.82, 2.24) is 0 Å². The zero-order valence-electron chi connectivity index (χ0n) is 14.9. The second kappa shape index (κ2) is 7.36. The Kier molecular flexibility index (Phi) is 5.26. The third-order valence-corrected chi connectivity index (χ3v) is 6.46. The third kappa shape index (κ3) is 2.89. The molecule has 0 fully saturated rings. The molecule has 1 atom stereocenters. The summed E-state index contributed by atoms with van der Waals surface area (Å²) in [6, 6.07) is 21.1. The molecule has 4 nitrogen and oxygen atoms in total. The highest BCUT2D eigenvalue weighted by Gasteiger charge is 2.58. The first kappa shape index (κ1) is 20.0. The van der Waals surface area contributed by atoms with Crippen molar-refractivity contribution in [2.24, 2.45) is 5.41 Å². The van der Waals surface area contributed by atoms with E-state index in [9.17, 15) is 15.8 Å². The molecule has 136 valence electrons. The first-order valence-corrected chi connectivity index (χ1v) is 9.98. The van der Waals surface area contributed by atoms with Crippen LogP contribution in [0.25, 0.3) is 5.57 Å². The fraction of sp³-hybridized carbons (Fsp3) is 0.182. The standard InChI is InChI=1S/C22H14Br2N4/c1-21(15-4-8-17(24)9-5-15)10-18(14-2-6-16(23)7-3-14)19(11-25)20(28)22(21,12-26)13-27/h2-9,28H,10H2,1H3/t21-/m0/s1. The van der Waals surface area contributed by atoms with Crippen LogP contribution in [0.5, 0.6) is 0 Å². The number of benzene rings is 2. The molecule has 0 spiro atoms. The average molecular weight is 494 g/mol. The van der Waals surface area contributed by atoms with Gasteiger partial charge < -0.3 is 5.41 Å². The van der Waals surface area contributed by atoms with Gasteiger partial charge in [0.2, 0.25) is 0 Å². The van der Waals surface area contributed by atoms with E-state index in [0.717, 1.165) is 20.1 Å². The minimum Gasteiger partial charge on any atom is -0.301 e. The van der Waals surface area contributed by atoms with Crippen LogP contribution in [0, 0.1) is 44.8 Å².